The van der Waals surface area contributed by atoms with Crippen LogP contribution in [-0.4, -0.2) is 56.6 Å². The molecule has 0 aromatic heterocycles. The molecule has 0 spiro atoms. The SMILES string of the molecule is CCC1COCCN1CC(O)c1cc(OC)ccc1OC. The first kappa shape index (κ1) is 16.1. The van der Waals surface area contributed by atoms with Gasteiger partial charge in [0.1, 0.15) is 11.5 Å². The Labute approximate surface area is 126 Å². The van der Waals surface area contributed by atoms with Gasteiger partial charge in [-0.2, -0.15) is 0 Å². The van der Waals surface area contributed by atoms with Crippen LogP contribution in [0.4, 0.5) is 0 Å². The van der Waals surface area contributed by atoms with Gasteiger partial charge in [-0.05, 0) is 24.6 Å². The van der Waals surface area contributed by atoms with Crippen LogP contribution in [0.5, 0.6) is 11.5 Å². The molecular weight excluding hydrogens is 270 g/mol. The molecule has 1 N–H and O–H groups in total. The first-order valence-electron chi connectivity index (χ1n) is 7.41. The first-order chi connectivity index (χ1) is 10.2. The van der Waals surface area contributed by atoms with Gasteiger partial charge in [0.2, 0.25) is 0 Å². The van der Waals surface area contributed by atoms with Gasteiger partial charge >= 0.3 is 0 Å². The fourth-order valence-electron chi connectivity index (χ4n) is 2.73. The van der Waals surface area contributed by atoms with Crippen molar-refractivity contribution in [3.8, 4) is 11.5 Å². The molecule has 1 aliphatic rings. The molecule has 5 nitrogen and oxygen atoms in total. The minimum Gasteiger partial charge on any atom is -0.497 e. The number of morpholine rings is 1. The minimum absolute atomic E-state index is 0.366. The van der Waals surface area contributed by atoms with Crippen LogP contribution >= 0.6 is 0 Å². The van der Waals surface area contributed by atoms with Crippen LogP contribution in [0.1, 0.15) is 25.0 Å². The summed E-state index contributed by atoms with van der Waals surface area (Å²) in [5.41, 5.74) is 0.762. The number of ether oxygens (including phenoxy) is 3. The van der Waals surface area contributed by atoms with E-state index in [9.17, 15) is 5.11 Å². The van der Waals surface area contributed by atoms with Crippen molar-refractivity contribution in [3.05, 3.63) is 23.8 Å². The molecule has 2 unspecified atom stereocenters. The average Bonchev–Trinajstić information content (AvgIpc) is 2.54. The Morgan fingerprint density at radius 2 is 2.19 bits per heavy atom. The van der Waals surface area contributed by atoms with Gasteiger partial charge in [0.15, 0.2) is 0 Å². The first-order valence-corrected chi connectivity index (χ1v) is 7.41. The third kappa shape index (κ3) is 3.87. The molecule has 0 aliphatic carbocycles. The van der Waals surface area contributed by atoms with E-state index >= 15 is 0 Å². The Bertz CT molecular complexity index is 452. The molecule has 0 saturated carbocycles. The number of aliphatic hydroxyl groups is 1. The maximum absolute atomic E-state index is 10.6. The van der Waals surface area contributed by atoms with Gasteiger partial charge in [0.25, 0.3) is 0 Å². The van der Waals surface area contributed by atoms with Gasteiger partial charge in [-0.25, -0.2) is 0 Å². The summed E-state index contributed by atoms with van der Waals surface area (Å²) in [6, 6.07) is 5.86. The van der Waals surface area contributed by atoms with E-state index in [4.69, 9.17) is 14.2 Å². The maximum atomic E-state index is 10.6. The molecule has 1 aromatic rings. The number of nitrogens with zero attached hydrogens (tertiary/aromatic N) is 1. The van der Waals surface area contributed by atoms with Crippen LogP contribution in [-0.2, 0) is 4.74 Å². The Morgan fingerprint density at radius 1 is 1.38 bits per heavy atom. The van der Waals surface area contributed by atoms with Crippen LogP contribution < -0.4 is 9.47 Å². The van der Waals surface area contributed by atoms with Gasteiger partial charge in [0, 0.05) is 24.7 Å². The lowest BCUT2D eigenvalue weighted by atomic mass is 10.1. The van der Waals surface area contributed by atoms with E-state index in [1.807, 2.05) is 18.2 Å². The highest BCUT2D eigenvalue weighted by Gasteiger charge is 2.25. The van der Waals surface area contributed by atoms with Gasteiger partial charge in [0.05, 0.1) is 33.5 Å². The maximum Gasteiger partial charge on any atom is 0.124 e. The van der Waals surface area contributed by atoms with Crippen LogP contribution in [0, 0.1) is 0 Å². The normalized spacial score (nSPS) is 21.0. The van der Waals surface area contributed by atoms with Crippen molar-refractivity contribution in [3.63, 3.8) is 0 Å². The summed E-state index contributed by atoms with van der Waals surface area (Å²) in [7, 11) is 3.23. The van der Waals surface area contributed by atoms with Crippen LogP contribution in [0.3, 0.4) is 0 Å². The fraction of sp³-hybridized carbons (Fsp3) is 0.625. The van der Waals surface area contributed by atoms with Crippen molar-refractivity contribution in [2.24, 2.45) is 0 Å². The Kier molecular flexibility index (Phi) is 5.85. The molecule has 1 fully saturated rings. The van der Waals surface area contributed by atoms with Gasteiger partial charge in [-0.3, -0.25) is 4.90 Å². The highest BCUT2D eigenvalue weighted by atomic mass is 16.5. The third-order valence-corrected chi connectivity index (χ3v) is 4.02. The summed E-state index contributed by atoms with van der Waals surface area (Å²) in [4.78, 5) is 2.28. The van der Waals surface area contributed by atoms with Crippen LogP contribution in [0.2, 0.25) is 0 Å². The Hall–Kier alpha value is -1.30. The molecule has 0 radical (unpaired) electrons. The number of benzene rings is 1. The molecule has 1 aromatic carbocycles. The van der Waals surface area contributed by atoms with E-state index < -0.39 is 6.10 Å². The van der Waals surface area contributed by atoms with Crippen LogP contribution in [0.25, 0.3) is 0 Å². The average molecular weight is 295 g/mol. The molecule has 118 valence electrons. The van der Waals surface area contributed by atoms with E-state index in [1.165, 1.54) is 0 Å². The fourth-order valence-corrected chi connectivity index (χ4v) is 2.73. The summed E-state index contributed by atoms with van der Waals surface area (Å²) in [5, 5.41) is 10.6. The largest absolute Gasteiger partial charge is 0.497 e. The predicted molar refractivity (Wildman–Crippen MR) is 81.0 cm³/mol. The lowest BCUT2D eigenvalue weighted by molar-refractivity contribution is -0.0279. The van der Waals surface area contributed by atoms with Gasteiger partial charge in [-0.15, -0.1) is 0 Å². The van der Waals surface area contributed by atoms with E-state index in [1.54, 1.807) is 14.2 Å². The topological polar surface area (TPSA) is 51.2 Å². The zero-order valence-corrected chi connectivity index (χ0v) is 13.0. The molecule has 2 rings (SSSR count). The van der Waals surface area contributed by atoms with E-state index in [2.05, 4.69) is 11.8 Å². The number of rotatable bonds is 6. The molecule has 0 amide bonds. The van der Waals surface area contributed by atoms with Gasteiger partial charge in [-0.1, -0.05) is 6.92 Å². The zero-order valence-electron chi connectivity index (χ0n) is 13.0. The molecular formula is C16H25NO4. The molecule has 1 saturated heterocycles. The van der Waals surface area contributed by atoms with Crippen molar-refractivity contribution in [2.45, 2.75) is 25.5 Å². The smallest absolute Gasteiger partial charge is 0.124 e. The number of hydrogen-bond donors (Lipinski definition) is 1. The third-order valence-electron chi connectivity index (χ3n) is 4.02. The molecule has 5 heteroatoms. The highest BCUT2D eigenvalue weighted by Crippen LogP contribution is 2.30. The summed E-state index contributed by atoms with van der Waals surface area (Å²) >= 11 is 0. The summed E-state index contributed by atoms with van der Waals surface area (Å²) in [6.45, 7) is 5.02. The number of aliphatic hydroxyl groups excluding tert-OH is 1. The van der Waals surface area contributed by atoms with Crippen LogP contribution in [0.15, 0.2) is 18.2 Å². The molecule has 1 heterocycles. The monoisotopic (exact) mass is 295 g/mol. The second-order valence-electron chi connectivity index (χ2n) is 5.26. The predicted octanol–water partition coefficient (Wildman–Crippen LogP) is 1.85. The quantitative estimate of drug-likeness (QED) is 0.868. The van der Waals surface area contributed by atoms with Crippen molar-refractivity contribution in [1.29, 1.82) is 0 Å². The van der Waals surface area contributed by atoms with Crippen molar-refractivity contribution in [1.82, 2.24) is 4.90 Å². The second-order valence-corrected chi connectivity index (χ2v) is 5.26. The molecule has 2 atom stereocenters. The van der Waals surface area contributed by atoms with Gasteiger partial charge < -0.3 is 19.3 Å². The van der Waals surface area contributed by atoms with E-state index in [-0.39, 0.29) is 0 Å². The molecule has 1 aliphatic heterocycles. The summed E-state index contributed by atoms with van der Waals surface area (Å²) in [6.07, 6.45) is 0.407. The summed E-state index contributed by atoms with van der Waals surface area (Å²) in [5.74, 6) is 1.41. The molecule has 0 bridgehead atoms. The lowest BCUT2D eigenvalue weighted by Gasteiger charge is -2.36. The van der Waals surface area contributed by atoms with Crippen molar-refractivity contribution in [2.75, 3.05) is 40.5 Å². The van der Waals surface area contributed by atoms with Crippen molar-refractivity contribution < 1.29 is 19.3 Å². The van der Waals surface area contributed by atoms with Crippen molar-refractivity contribution >= 4 is 0 Å². The molecule has 21 heavy (non-hydrogen) atoms. The van der Waals surface area contributed by atoms with E-state index in [0.717, 1.165) is 37.5 Å². The van der Waals surface area contributed by atoms with E-state index in [0.29, 0.717) is 18.3 Å². The second kappa shape index (κ2) is 7.64. The minimum atomic E-state index is -0.609. The lowest BCUT2D eigenvalue weighted by Crippen LogP contribution is -2.46. The zero-order chi connectivity index (χ0) is 15.2. The Balaban J connectivity index is 2.13. The highest BCUT2D eigenvalue weighted by molar-refractivity contribution is 5.41. The standard InChI is InChI=1S/C16H25NO4/c1-4-12-11-21-8-7-17(12)10-15(18)14-9-13(19-2)5-6-16(14)20-3/h5-6,9,12,15,18H,4,7-8,10-11H2,1-3H3. The Morgan fingerprint density at radius 3 is 2.86 bits per heavy atom. The number of β-amino-alcohol motifs (C(OH)–C–C–N with tert-alkyl or cyclic N) is 1. The summed E-state index contributed by atoms with van der Waals surface area (Å²) < 4.78 is 16.1. The number of methoxy groups -OCH3 is 2. The number of hydrogen-bond acceptors (Lipinski definition) is 5.